The van der Waals surface area contributed by atoms with Crippen molar-refractivity contribution in [3.8, 4) is 11.8 Å². The van der Waals surface area contributed by atoms with Gasteiger partial charge in [0.1, 0.15) is 17.9 Å². The van der Waals surface area contributed by atoms with Crippen LogP contribution in [0.15, 0.2) is 46.0 Å². The maximum Gasteiger partial charge on any atom is 0.277 e. The molecule has 0 saturated carbocycles. The Morgan fingerprint density at radius 3 is 2.33 bits per heavy atom. The largest absolute Gasteiger partial charge is 0.478 e. The van der Waals surface area contributed by atoms with Crippen molar-refractivity contribution in [2.75, 3.05) is 6.61 Å². The molecule has 0 fully saturated rings. The monoisotopic (exact) mass is 560 g/mol. The summed E-state index contributed by atoms with van der Waals surface area (Å²) in [5.74, 6) is -1.11. The average Bonchev–Trinajstić information content (AvgIpc) is 2.82. The van der Waals surface area contributed by atoms with Crippen molar-refractivity contribution in [2.45, 2.75) is 26.3 Å². The van der Waals surface area contributed by atoms with E-state index in [1.165, 1.54) is 6.21 Å². The van der Waals surface area contributed by atoms with E-state index in [0.717, 1.165) is 18.2 Å². The zero-order chi connectivity index (χ0) is 26.8. The molecule has 0 unspecified atom stereocenters. The molecule has 0 bridgehead atoms. The van der Waals surface area contributed by atoms with Crippen molar-refractivity contribution >= 4 is 45.3 Å². The van der Waals surface area contributed by atoms with Gasteiger partial charge in [0.05, 0.1) is 32.2 Å². The van der Waals surface area contributed by atoms with Crippen molar-refractivity contribution in [1.82, 2.24) is 10.7 Å². The number of nitro benzene ring substituents is 2. The molecule has 2 aromatic carbocycles. The Kier molecular flexibility index (Phi) is 9.99. The molecule has 0 saturated heterocycles. The number of nitriles is 1. The number of non-ortho nitro benzene ring substituents is 2. The highest BCUT2D eigenvalue weighted by atomic mass is 79.9. The smallest absolute Gasteiger partial charge is 0.277 e. The molecule has 2 aromatic rings. The van der Waals surface area contributed by atoms with Crippen LogP contribution in [-0.4, -0.2) is 40.5 Å². The predicted octanol–water partition coefficient (Wildman–Crippen LogP) is 3.46. The van der Waals surface area contributed by atoms with E-state index in [1.54, 1.807) is 18.2 Å². The second-order valence-electron chi connectivity index (χ2n) is 7.78. The molecule has 188 valence electrons. The van der Waals surface area contributed by atoms with Crippen LogP contribution in [0.4, 0.5) is 11.4 Å². The van der Waals surface area contributed by atoms with Gasteiger partial charge in [-0.1, -0.05) is 13.8 Å². The molecular formula is C22H21BrN6O7. The Hall–Kier alpha value is -4.38. The van der Waals surface area contributed by atoms with Crippen LogP contribution >= 0.6 is 15.9 Å². The summed E-state index contributed by atoms with van der Waals surface area (Å²) in [6.45, 7) is 3.53. The van der Waals surface area contributed by atoms with E-state index < -0.39 is 39.1 Å². The number of nitro groups is 2. The van der Waals surface area contributed by atoms with Gasteiger partial charge < -0.3 is 10.1 Å². The predicted molar refractivity (Wildman–Crippen MR) is 131 cm³/mol. The third-order valence-corrected chi connectivity index (χ3v) is 5.17. The molecule has 36 heavy (non-hydrogen) atoms. The van der Waals surface area contributed by atoms with Gasteiger partial charge in [-0.25, -0.2) is 5.43 Å². The third kappa shape index (κ3) is 8.13. The molecule has 0 aliphatic rings. The normalized spacial score (nSPS) is 11.5. The van der Waals surface area contributed by atoms with Crippen LogP contribution < -0.4 is 15.5 Å². The van der Waals surface area contributed by atoms with Crippen molar-refractivity contribution in [1.29, 1.82) is 5.26 Å². The van der Waals surface area contributed by atoms with Crippen molar-refractivity contribution < 1.29 is 24.2 Å². The molecule has 14 heteroatoms. The molecule has 13 nitrogen and oxygen atoms in total. The van der Waals surface area contributed by atoms with Gasteiger partial charge in [-0.05, 0) is 52.0 Å². The number of rotatable bonds is 11. The van der Waals surface area contributed by atoms with Crippen LogP contribution in [0.2, 0.25) is 0 Å². The van der Waals surface area contributed by atoms with Gasteiger partial charge >= 0.3 is 0 Å². The third-order valence-electron chi connectivity index (χ3n) is 4.55. The van der Waals surface area contributed by atoms with E-state index in [9.17, 15) is 29.8 Å². The Morgan fingerprint density at radius 2 is 1.81 bits per heavy atom. The fraction of sp³-hybridized carbons (Fsp3) is 0.273. The van der Waals surface area contributed by atoms with Crippen LogP contribution in [0.5, 0.6) is 5.75 Å². The van der Waals surface area contributed by atoms with E-state index in [4.69, 9.17) is 10.00 Å². The second kappa shape index (κ2) is 12.9. The lowest BCUT2D eigenvalue weighted by Gasteiger charge is -2.19. The maximum atomic E-state index is 12.7. The Labute approximate surface area is 213 Å². The summed E-state index contributed by atoms with van der Waals surface area (Å²) < 4.78 is 5.80. The van der Waals surface area contributed by atoms with Crippen LogP contribution in [0.3, 0.4) is 0 Å². The number of carbonyl (C=O) groups is 2. The molecule has 0 aliphatic carbocycles. The van der Waals surface area contributed by atoms with Crippen LogP contribution in [-0.2, 0) is 4.79 Å². The van der Waals surface area contributed by atoms with Gasteiger partial charge in [-0.3, -0.25) is 29.8 Å². The first-order valence-electron chi connectivity index (χ1n) is 10.4. The van der Waals surface area contributed by atoms with E-state index in [0.29, 0.717) is 15.8 Å². The maximum absolute atomic E-state index is 12.7. The van der Waals surface area contributed by atoms with Gasteiger partial charge in [0.25, 0.3) is 23.2 Å². The van der Waals surface area contributed by atoms with Crippen molar-refractivity contribution in [3.05, 3.63) is 72.2 Å². The number of nitrogens with zero attached hydrogens (tertiary/aromatic N) is 4. The first-order chi connectivity index (χ1) is 17.0. The molecule has 0 radical (unpaired) electrons. The van der Waals surface area contributed by atoms with E-state index in [1.807, 2.05) is 19.9 Å². The average molecular weight is 561 g/mol. The van der Waals surface area contributed by atoms with Crippen LogP contribution in [0.25, 0.3) is 0 Å². The number of hydrogen-bond donors (Lipinski definition) is 2. The van der Waals surface area contributed by atoms with Crippen molar-refractivity contribution in [3.63, 3.8) is 0 Å². The van der Waals surface area contributed by atoms with Gasteiger partial charge in [0, 0.05) is 12.1 Å². The summed E-state index contributed by atoms with van der Waals surface area (Å²) in [6, 6.07) is 8.25. The molecule has 1 atom stereocenters. The number of amides is 2. The van der Waals surface area contributed by atoms with E-state index >= 15 is 0 Å². The molecule has 0 spiro atoms. The first kappa shape index (κ1) is 27.9. The fourth-order valence-electron chi connectivity index (χ4n) is 2.95. The molecule has 2 amide bonds. The minimum absolute atomic E-state index is 0.0265. The van der Waals surface area contributed by atoms with Gasteiger partial charge in [-0.2, -0.15) is 10.4 Å². The Balaban J connectivity index is 2.15. The van der Waals surface area contributed by atoms with E-state index in [2.05, 4.69) is 31.8 Å². The van der Waals surface area contributed by atoms with Crippen LogP contribution in [0, 0.1) is 37.5 Å². The summed E-state index contributed by atoms with van der Waals surface area (Å²) in [5, 5.41) is 37.1. The first-order valence-corrected chi connectivity index (χ1v) is 11.2. The number of carbonyl (C=O) groups excluding carboxylic acids is 2. The van der Waals surface area contributed by atoms with Gasteiger partial charge in [0.2, 0.25) is 0 Å². The quantitative estimate of drug-likeness (QED) is 0.237. The summed E-state index contributed by atoms with van der Waals surface area (Å²) in [6.07, 6.45) is 1.56. The highest BCUT2D eigenvalue weighted by Gasteiger charge is 2.25. The zero-order valence-electron chi connectivity index (χ0n) is 19.1. The van der Waals surface area contributed by atoms with Crippen molar-refractivity contribution in [2.24, 2.45) is 11.0 Å². The Bertz CT molecular complexity index is 1210. The highest BCUT2D eigenvalue weighted by molar-refractivity contribution is 9.10. The van der Waals surface area contributed by atoms with Crippen LogP contribution in [0.1, 0.15) is 36.2 Å². The second-order valence-corrected chi connectivity index (χ2v) is 8.63. The zero-order valence-corrected chi connectivity index (χ0v) is 20.7. The SMILES string of the molecule is CC(C)C[C@H](NC(=O)c1cc([N+](=O)[O-])cc([N+](=O)[O-])c1)C(=O)N/N=C\c1ccc(OCC#N)c(Br)c1. The molecule has 0 aromatic heterocycles. The standard InChI is InChI=1S/C22H21BrN6O7/c1-13(2)7-19(26-21(30)15-9-16(28(32)33)11-17(10-15)29(34)35)22(31)27-25-12-14-3-4-20(18(23)8-14)36-6-5-24/h3-4,8-13,19H,6-7H2,1-2H3,(H,26,30)(H,27,31)/b25-12-/t19-/m0/s1. The topological polar surface area (TPSA) is 190 Å². The summed E-state index contributed by atoms with van der Waals surface area (Å²) >= 11 is 3.31. The fourth-order valence-corrected chi connectivity index (χ4v) is 3.47. The molecule has 2 rings (SSSR count). The number of halogens is 1. The Morgan fingerprint density at radius 1 is 1.17 bits per heavy atom. The van der Waals surface area contributed by atoms with E-state index in [-0.39, 0.29) is 24.5 Å². The highest BCUT2D eigenvalue weighted by Crippen LogP contribution is 2.25. The van der Waals surface area contributed by atoms with Gasteiger partial charge in [-0.15, -0.1) is 0 Å². The van der Waals surface area contributed by atoms with Gasteiger partial charge in [0.15, 0.2) is 6.61 Å². The number of benzene rings is 2. The lowest BCUT2D eigenvalue weighted by molar-refractivity contribution is -0.394. The minimum Gasteiger partial charge on any atom is -0.478 e. The molecule has 2 N–H and O–H groups in total. The number of ether oxygens (including phenoxy) is 1. The molecule has 0 heterocycles. The summed E-state index contributed by atoms with van der Waals surface area (Å²) in [7, 11) is 0. The number of hydrogen-bond acceptors (Lipinski definition) is 9. The molecule has 0 aliphatic heterocycles. The summed E-state index contributed by atoms with van der Waals surface area (Å²) in [5.41, 5.74) is 1.35. The molecular weight excluding hydrogens is 540 g/mol. The minimum atomic E-state index is -1.07. The number of hydrazone groups is 1. The number of nitrogens with one attached hydrogen (secondary N) is 2. The summed E-state index contributed by atoms with van der Waals surface area (Å²) in [4.78, 5) is 45.9. The lowest BCUT2D eigenvalue weighted by Crippen LogP contribution is -2.46. The lowest BCUT2D eigenvalue weighted by atomic mass is 10.0.